The molecule has 30 heavy (non-hydrogen) atoms. The number of hydrogen-bond donors (Lipinski definition) is 0. The lowest BCUT2D eigenvalue weighted by Crippen LogP contribution is -2.33. The molecule has 11 heteroatoms. The van der Waals surface area contributed by atoms with Crippen LogP contribution in [0.4, 0.5) is 0 Å². The van der Waals surface area contributed by atoms with E-state index >= 15 is 0 Å². The molecule has 0 saturated heterocycles. The lowest BCUT2D eigenvalue weighted by atomic mass is 9.96. The van der Waals surface area contributed by atoms with Crippen LogP contribution in [0.15, 0.2) is 29.4 Å². The molecule has 160 valence electrons. The van der Waals surface area contributed by atoms with Gasteiger partial charge in [-0.25, -0.2) is 13.2 Å². The Balaban J connectivity index is 1.95. The number of halogens is 2. The maximum absolute atomic E-state index is 13.0. The molecule has 2 heterocycles. The molecule has 1 aliphatic rings. The van der Waals surface area contributed by atoms with E-state index in [0.717, 1.165) is 0 Å². The number of pyridine rings is 1. The molecule has 8 nitrogen and oxygen atoms in total. The van der Waals surface area contributed by atoms with Crippen LogP contribution in [0.25, 0.3) is 0 Å². The Hall–Kier alpha value is -2.36. The van der Waals surface area contributed by atoms with Crippen molar-refractivity contribution in [1.82, 2.24) is 9.29 Å². The molecule has 0 aliphatic carbocycles. The van der Waals surface area contributed by atoms with E-state index in [9.17, 15) is 18.0 Å². The summed E-state index contributed by atoms with van der Waals surface area (Å²) in [7, 11) is -4.24. The number of ether oxygens (including phenoxy) is 2. The van der Waals surface area contributed by atoms with Gasteiger partial charge in [0.05, 0.1) is 22.2 Å². The van der Waals surface area contributed by atoms with Crippen LogP contribution >= 0.6 is 23.2 Å². The van der Waals surface area contributed by atoms with Gasteiger partial charge in [0.15, 0.2) is 6.73 Å². The smallest absolute Gasteiger partial charge is 0.343 e. The van der Waals surface area contributed by atoms with Crippen LogP contribution in [0, 0.1) is 0 Å². The summed E-state index contributed by atoms with van der Waals surface area (Å²) in [6.07, 6.45) is 2.39. The van der Waals surface area contributed by atoms with Crippen LogP contribution in [0.5, 0.6) is 5.75 Å². The Morgan fingerprint density at radius 2 is 1.83 bits per heavy atom. The monoisotopic (exact) mass is 472 g/mol. The van der Waals surface area contributed by atoms with Gasteiger partial charge in [0.25, 0.3) is 15.9 Å². The SMILES string of the molecule is CCOc1cc(C(C)C)c2c(c1)S(=O)(=O)N(COC(=O)c1c(Cl)cncc1Cl)C2=O. The minimum absolute atomic E-state index is 0.0458. The van der Waals surface area contributed by atoms with Crippen LogP contribution in [0.2, 0.25) is 10.0 Å². The first-order chi connectivity index (χ1) is 14.1. The van der Waals surface area contributed by atoms with Gasteiger partial charge >= 0.3 is 5.97 Å². The molecule has 1 aliphatic heterocycles. The maximum Gasteiger partial charge on any atom is 0.343 e. The third kappa shape index (κ3) is 3.84. The molecular formula is C19H18Cl2N2O6S. The summed E-state index contributed by atoms with van der Waals surface area (Å²) in [4.78, 5) is 28.9. The summed E-state index contributed by atoms with van der Waals surface area (Å²) in [6, 6.07) is 2.95. The average Bonchev–Trinajstić information content (AvgIpc) is 2.85. The second-order valence-electron chi connectivity index (χ2n) is 6.67. The number of amides is 1. The molecule has 2 aromatic rings. The molecule has 1 aromatic heterocycles. The number of sulfonamides is 1. The van der Waals surface area contributed by atoms with E-state index in [0.29, 0.717) is 22.2 Å². The van der Waals surface area contributed by atoms with Crippen LogP contribution < -0.4 is 4.74 Å². The first kappa shape index (κ1) is 22.3. The number of aromatic nitrogens is 1. The van der Waals surface area contributed by atoms with E-state index in [-0.39, 0.29) is 32.0 Å². The maximum atomic E-state index is 13.0. The van der Waals surface area contributed by atoms with Crippen LogP contribution in [0.1, 0.15) is 53.0 Å². The van der Waals surface area contributed by atoms with Gasteiger partial charge in [0.1, 0.15) is 16.2 Å². The highest BCUT2D eigenvalue weighted by Crippen LogP contribution is 2.38. The zero-order valence-corrected chi connectivity index (χ0v) is 18.6. The van der Waals surface area contributed by atoms with Gasteiger partial charge in [-0.05, 0) is 24.5 Å². The first-order valence-electron chi connectivity index (χ1n) is 8.93. The molecule has 0 N–H and O–H groups in total. The number of benzene rings is 1. The zero-order valence-electron chi connectivity index (χ0n) is 16.3. The molecule has 0 atom stereocenters. The first-order valence-corrected chi connectivity index (χ1v) is 11.1. The Bertz CT molecular complexity index is 1110. The summed E-state index contributed by atoms with van der Waals surface area (Å²) >= 11 is 11.8. The molecule has 0 fully saturated rings. The quantitative estimate of drug-likeness (QED) is 0.587. The fraction of sp³-hybridized carbons (Fsp3) is 0.316. The van der Waals surface area contributed by atoms with Gasteiger partial charge in [-0.1, -0.05) is 37.0 Å². The highest BCUT2D eigenvalue weighted by Gasteiger charge is 2.44. The van der Waals surface area contributed by atoms with E-state index in [4.69, 9.17) is 32.7 Å². The minimum Gasteiger partial charge on any atom is -0.494 e. The highest BCUT2D eigenvalue weighted by atomic mass is 35.5. The summed E-state index contributed by atoms with van der Waals surface area (Å²) in [6.45, 7) is 4.94. The van der Waals surface area contributed by atoms with E-state index in [1.807, 2.05) is 13.8 Å². The van der Waals surface area contributed by atoms with E-state index < -0.39 is 28.6 Å². The molecule has 0 spiro atoms. The van der Waals surface area contributed by atoms with Gasteiger partial charge < -0.3 is 9.47 Å². The van der Waals surface area contributed by atoms with Crippen molar-refractivity contribution in [3.8, 4) is 5.75 Å². The van der Waals surface area contributed by atoms with Crippen molar-refractivity contribution in [3.63, 3.8) is 0 Å². The molecule has 0 unspecified atom stereocenters. The van der Waals surface area contributed by atoms with Gasteiger partial charge in [-0.2, -0.15) is 4.31 Å². The molecule has 0 bridgehead atoms. The van der Waals surface area contributed by atoms with Crippen molar-refractivity contribution in [2.75, 3.05) is 13.3 Å². The second-order valence-corrected chi connectivity index (χ2v) is 9.32. The normalized spacial score (nSPS) is 14.7. The second kappa shape index (κ2) is 8.41. The Morgan fingerprint density at radius 1 is 1.20 bits per heavy atom. The number of rotatable bonds is 6. The van der Waals surface area contributed by atoms with Crippen molar-refractivity contribution < 1.29 is 27.5 Å². The molecule has 1 aromatic carbocycles. The fourth-order valence-electron chi connectivity index (χ4n) is 3.02. The van der Waals surface area contributed by atoms with Crippen LogP contribution in [0.3, 0.4) is 0 Å². The fourth-order valence-corrected chi connectivity index (χ4v) is 5.01. The van der Waals surface area contributed by atoms with Crippen molar-refractivity contribution >= 4 is 45.1 Å². The summed E-state index contributed by atoms with van der Waals surface area (Å²) < 4.78 is 37.0. The van der Waals surface area contributed by atoms with Crippen molar-refractivity contribution in [2.45, 2.75) is 31.6 Å². The predicted molar refractivity (Wildman–Crippen MR) is 110 cm³/mol. The minimum atomic E-state index is -4.24. The van der Waals surface area contributed by atoms with E-state index in [1.54, 1.807) is 13.0 Å². The van der Waals surface area contributed by atoms with Gasteiger partial charge in [-0.3, -0.25) is 9.78 Å². The number of hydrogen-bond acceptors (Lipinski definition) is 7. The number of carbonyl (C=O) groups is 2. The lowest BCUT2D eigenvalue weighted by molar-refractivity contribution is 0.0358. The Kier molecular flexibility index (Phi) is 6.26. The summed E-state index contributed by atoms with van der Waals surface area (Å²) in [5.41, 5.74) is 0.402. The van der Waals surface area contributed by atoms with Crippen molar-refractivity contribution in [1.29, 1.82) is 0 Å². The Labute approximate surface area is 183 Å². The largest absolute Gasteiger partial charge is 0.494 e. The third-order valence-corrected chi connectivity index (χ3v) is 6.72. The average molecular weight is 473 g/mol. The van der Waals surface area contributed by atoms with Crippen molar-refractivity contribution in [3.05, 3.63) is 51.3 Å². The number of esters is 1. The molecule has 0 radical (unpaired) electrons. The van der Waals surface area contributed by atoms with E-state index in [2.05, 4.69) is 4.98 Å². The standard InChI is InChI=1S/C19H18Cl2N2O6S/c1-4-28-11-5-12(10(2)3)16-15(6-11)30(26,27)23(18(16)24)9-29-19(25)17-13(20)7-22-8-14(17)21/h5-8,10H,4,9H2,1-3H3. The van der Waals surface area contributed by atoms with Crippen molar-refractivity contribution in [2.24, 2.45) is 0 Å². The van der Waals surface area contributed by atoms with Gasteiger partial charge in [0, 0.05) is 18.5 Å². The third-order valence-electron chi connectivity index (χ3n) is 4.42. The number of carbonyl (C=O) groups excluding carboxylic acids is 2. The van der Waals surface area contributed by atoms with Gasteiger partial charge in [0.2, 0.25) is 0 Å². The molecule has 1 amide bonds. The molecular weight excluding hydrogens is 455 g/mol. The van der Waals surface area contributed by atoms with Gasteiger partial charge in [-0.15, -0.1) is 0 Å². The summed E-state index contributed by atoms with van der Waals surface area (Å²) in [5.74, 6) is -1.57. The number of nitrogens with zero attached hydrogens (tertiary/aromatic N) is 2. The molecule has 3 rings (SSSR count). The number of fused-ring (bicyclic) bond motifs is 1. The predicted octanol–water partition coefficient (Wildman–Crippen LogP) is 3.87. The molecule has 0 saturated carbocycles. The van der Waals surface area contributed by atoms with Crippen LogP contribution in [-0.2, 0) is 14.8 Å². The van der Waals surface area contributed by atoms with E-state index in [1.165, 1.54) is 18.5 Å². The highest BCUT2D eigenvalue weighted by molar-refractivity contribution is 7.90. The Morgan fingerprint density at radius 3 is 2.40 bits per heavy atom. The summed E-state index contributed by atoms with van der Waals surface area (Å²) in [5, 5.41) is -0.121. The lowest BCUT2D eigenvalue weighted by Gasteiger charge is -2.15. The van der Waals surface area contributed by atoms with Crippen LogP contribution in [-0.4, -0.2) is 42.9 Å². The topological polar surface area (TPSA) is 103 Å². The zero-order chi connectivity index (χ0) is 22.2.